The monoisotopic (exact) mass is 324 g/mol. The molecule has 0 bridgehead atoms. The highest BCUT2D eigenvalue weighted by molar-refractivity contribution is 7.99. The number of halogens is 2. The molecule has 4 heteroatoms. The van der Waals surface area contributed by atoms with Gasteiger partial charge in [-0.3, -0.25) is 0 Å². The molecule has 1 aliphatic rings. The third-order valence-electron chi connectivity index (χ3n) is 3.68. The second-order valence-electron chi connectivity index (χ2n) is 4.93. The Morgan fingerprint density at radius 1 is 1.10 bits per heavy atom. The number of benzene rings is 2. The summed E-state index contributed by atoms with van der Waals surface area (Å²) in [5, 5.41) is 11.8. The SMILES string of the molecule is OC(Cc1c(Cl)cccc1Cl)C1CSc2ccccc21. The van der Waals surface area contributed by atoms with Gasteiger partial charge in [-0.15, -0.1) is 11.8 Å². The van der Waals surface area contributed by atoms with Crippen LogP contribution in [-0.2, 0) is 6.42 Å². The molecule has 1 heterocycles. The average molecular weight is 325 g/mol. The van der Waals surface area contributed by atoms with E-state index in [1.807, 2.05) is 30.3 Å². The van der Waals surface area contributed by atoms with Crippen LogP contribution in [-0.4, -0.2) is 17.0 Å². The molecule has 2 unspecified atom stereocenters. The van der Waals surface area contributed by atoms with E-state index in [0.29, 0.717) is 16.5 Å². The van der Waals surface area contributed by atoms with E-state index >= 15 is 0 Å². The van der Waals surface area contributed by atoms with Gasteiger partial charge in [-0.2, -0.15) is 0 Å². The lowest BCUT2D eigenvalue weighted by molar-refractivity contribution is 0.151. The van der Waals surface area contributed by atoms with E-state index in [2.05, 4.69) is 12.1 Å². The lowest BCUT2D eigenvalue weighted by atomic mass is 9.91. The first-order chi connectivity index (χ1) is 9.66. The van der Waals surface area contributed by atoms with Crippen molar-refractivity contribution >= 4 is 35.0 Å². The van der Waals surface area contributed by atoms with Gasteiger partial charge in [0, 0.05) is 33.0 Å². The van der Waals surface area contributed by atoms with Crippen LogP contribution in [0.1, 0.15) is 17.0 Å². The Morgan fingerprint density at radius 3 is 2.55 bits per heavy atom. The fourth-order valence-corrected chi connectivity index (χ4v) is 4.46. The molecule has 3 rings (SSSR count). The maximum absolute atomic E-state index is 10.6. The maximum atomic E-state index is 10.6. The van der Waals surface area contributed by atoms with Crippen LogP contribution in [0.25, 0.3) is 0 Å². The number of thioether (sulfide) groups is 1. The number of rotatable bonds is 3. The van der Waals surface area contributed by atoms with Crippen molar-refractivity contribution in [1.82, 2.24) is 0 Å². The van der Waals surface area contributed by atoms with Gasteiger partial charge in [0.2, 0.25) is 0 Å². The highest BCUT2D eigenvalue weighted by Gasteiger charge is 2.29. The number of hydrogen-bond acceptors (Lipinski definition) is 2. The third kappa shape index (κ3) is 2.71. The predicted octanol–water partition coefficient (Wildman–Crippen LogP) is 4.79. The van der Waals surface area contributed by atoms with E-state index in [1.165, 1.54) is 10.5 Å². The summed E-state index contributed by atoms with van der Waals surface area (Å²) in [6.45, 7) is 0. The molecule has 1 aliphatic heterocycles. The maximum Gasteiger partial charge on any atom is 0.0658 e. The van der Waals surface area contributed by atoms with Crippen LogP contribution < -0.4 is 0 Å². The zero-order valence-corrected chi connectivity index (χ0v) is 13.1. The van der Waals surface area contributed by atoms with E-state index in [4.69, 9.17) is 23.2 Å². The molecule has 1 N–H and O–H groups in total. The lowest BCUT2D eigenvalue weighted by Gasteiger charge is -2.19. The van der Waals surface area contributed by atoms with Crippen molar-refractivity contribution in [2.24, 2.45) is 0 Å². The highest BCUT2D eigenvalue weighted by atomic mass is 35.5. The quantitative estimate of drug-likeness (QED) is 0.876. The van der Waals surface area contributed by atoms with Crippen LogP contribution in [0.15, 0.2) is 47.4 Å². The van der Waals surface area contributed by atoms with E-state index in [1.54, 1.807) is 11.8 Å². The van der Waals surface area contributed by atoms with Crippen LogP contribution in [0.5, 0.6) is 0 Å². The molecule has 0 aromatic heterocycles. The number of hydrogen-bond donors (Lipinski definition) is 1. The molecule has 104 valence electrons. The molecule has 0 fully saturated rings. The van der Waals surface area contributed by atoms with Crippen LogP contribution in [0.2, 0.25) is 10.0 Å². The fourth-order valence-electron chi connectivity index (χ4n) is 2.58. The van der Waals surface area contributed by atoms with E-state index in [0.717, 1.165) is 11.3 Å². The summed E-state index contributed by atoms with van der Waals surface area (Å²) in [4.78, 5) is 1.27. The summed E-state index contributed by atoms with van der Waals surface area (Å²) in [7, 11) is 0. The summed E-state index contributed by atoms with van der Waals surface area (Å²) in [5.74, 6) is 1.05. The zero-order valence-electron chi connectivity index (χ0n) is 10.7. The molecule has 2 aromatic carbocycles. The molecule has 1 nitrogen and oxygen atoms in total. The van der Waals surface area contributed by atoms with E-state index in [9.17, 15) is 5.11 Å². The molecule has 2 aromatic rings. The minimum atomic E-state index is -0.469. The molecular formula is C16H14Cl2OS. The van der Waals surface area contributed by atoms with Gasteiger partial charge in [0.25, 0.3) is 0 Å². The number of fused-ring (bicyclic) bond motifs is 1. The standard InChI is InChI=1S/C16H14Cl2OS/c17-13-5-3-6-14(18)11(13)8-15(19)12-9-20-16-7-2-1-4-10(12)16/h1-7,12,15,19H,8-9H2. The molecule has 0 aliphatic carbocycles. The number of aliphatic hydroxyl groups is 1. The van der Waals surface area contributed by atoms with Crippen LogP contribution >= 0.6 is 35.0 Å². The largest absolute Gasteiger partial charge is 0.392 e. The highest BCUT2D eigenvalue weighted by Crippen LogP contribution is 2.42. The first kappa shape index (κ1) is 14.3. The summed E-state index contributed by atoms with van der Waals surface area (Å²) in [6, 6.07) is 13.7. The van der Waals surface area contributed by atoms with E-state index in [-0.39, 0.29) is 5.92 Å². The van der Waals surface area contributed by atoms with Crippen molar-refractivity contribution in [3.05, 3.63) is 63.6 Å². The predicted molar refractivity (Wildman–Crippen MR) is 86.1 cm³/mol. The number of aliphatic hydroxyl groups excluding tert-OH is 1. The van der Waals surface area contributed by atoms with Gasteiger partial charge in [0.1, 0.15) is 0 Å². The van der Waals surface area contributed by atoms with Gasteiger partial charge >= 0.3 is 0 Å². The van der Waals surface area contributed by atoms with Crippen molar-refractivity contribution in [2.75, 3.05) is 5.75 Å². The van der Waals surface area contributed by atoms with Gasteiger partial charge in [-0.25, -0.2) is 0 Å². The Hall–Kier alpha value is -0.670. The Balaban J connectivity index is 1.83. The first-order valence-corrected chi connectivity index (χ1v) is 8.23. The third-order valence-corrected chi connectivity index (χ3v) is 5.59. The molecule has 0 spiro atoms. The summed E-state index contributed by atoms with van der Waals surface area (Å²) < 4.78 is 0. The minimum absolute atomic E-state index is 0.142. The van der Waals surface area contributed by atoms with Gasteiger partial charge in [0.15, 0.2) is 0 Å². The Morgan fingerprint density at radius 2 is 1.80 bits per heavy atom. The van der Waals surface area contributed by atoms with Gasteiger partial charge in [-0.1, -0.05) is 47.5 Å². The molecule has 0 radical (unpaired) electrons. The van der Waals surface area contributed by atoms with E-state index < -0.39 is 6.10 Å². The minimum Gasteiger partial charge on any atom is -0.392 e. The van der Waals surface area contributed by atoms with Crippen molar-refractivity contribution in [3.8, 4) is 0 Å². The van der Waals surface area contributed by atoms with Crippen molar-refractivity contribution in [3.63, 3.8) is 0 Å². The summed E-state index contributed by atoms with van der Waals surface area (Å²) >= 11 is 14.2. The van der Waals surface area contributed by atoms with Crippen LogP contribution in [0, 0.1) is 0 Å². The molecule has 0 amide bonds. The normalized spacial score (nSPS) is 18.9. The zero-order chi connectivity index (χ0) is 14.1. The molecule has 20 heavy (non-hydrogen) atoms. The van der Waals surface area contributed by atoms with Crippen molar-refractivity contribution < 1.29 is 5.11 Å². The van der Waals surface area contributed by atoms with Crippen LogP contribution in [0.3, 0.4) is 0 Å². The summed E-state index contributed by atoms with van der Waals surface area (Å²) in [6.07, 6.45) is 0.0153. The average Bonchev–Trinajstić information content (AvgIpc) is 2.87. The smallest absolute Gasteiger partial charge is 0.0658 e. The van der Waals surface area contributed by atoms with Crippen molar-refractivity contribution in [2.45, 2.75) is 23.3 Å². The second kappa shape index (κ2) is 5.98. The molecule has 0 saturated heterocycles. The Kier molecular flexibility index (Phi) is 4.27. The second-order valence-corrected chi connectivity index (χ2v) is 6.80. The Bertz CT molecular complexity index is 609. The topological polar surface area (TPSA) is 20.2 Å². The Labute approximate surface area is 132 Å². The molecule has 0 saturated carbocycles. The van der Waals surface area contributed by atoms with Crippen molar-refractivity contribution in [1.29, 1.82) is 0 Å². The molecule has 2 atom stereocenters. The van der Waals surface area contributed by atoms with Gasteiger partial charge < -0.3 is 5.11 Å². The first-order valence-electron chi connectivity index (χ1n) is 6.49. The molecular weight excluding hydrogens is 311 g/mol. The van der Waals surface area contributed by atoms with Gasteiger partial charge in [-0.05, 0) is 29.3 Å². The van der Waals surface area contributed by atoms with Crippen LogP contribution in [0.4, 0.5) is 0 Å². The lowest BCUT2D eigenvalue weighted by Crippen LogP contribution is -2.21. The van der Waals surface area contributed by atoms with Gasteiger partial charge in [0.05, 0.1) is 6.10 Å². The summed E-state index contributed by atoms with van der Waals surface area (Å²) in [5.41, 5.74) is 2.06. The fraction of sp³-hybridized carbons (Fsp3) is 0.250.